The molecule has 1 aliphatic rings. The lowest BCUT2D eigenvalue weighted by Gasteiger charge is -2.20. The lowest BCUT2D eigenvalue weighted by Crippen LogP contribution is -2.27. The van der Waals surface area contributed by atoms with E-state index >= 15 is 0 Å². The Morgan fingerprint density at radius 3 is 2.55 bits per heavy atom. The van der Waals surface area contributed by atoms with E-state index in [9.17, 15) is 9.18 Å². The molecule has 5 heteroatoms. The fourth-order valence-electron chi connectivity index (χ4n) is 3.12. The molecular weight excluding hydrogens is 283 g/mol. The normalized spacial score (nSPS) is 23.0. The Hall–Kier alpha value is -1.62. The monoisotopic (exact) mass is 308 g/mol. The van der Waals surface area contributed by atoms with Crippen LogP contribution in [-0.4, -0.2) is 18.2 Å². The zero-order valence-electron chi connectivity index (χ0n) is 13.9. The van der Waals surface area contributed by atoms with Crippen LogP contribution in [0.2, 0.25) is 0 Å². The standard InChI is InChI=1S/C17H25FN2O2/c1-16(2,3)22-15(21)20-13-7-6-10(18)8-11(13)14-12(9-19)17(14,4)5/h6-8,12,14H,9,19H2,1-5H3,(H,20,21). The number of carbonyl (C=O) groups is 1. The largest absolute Gasteiger partial charge is 0.444 e. The van der Waals surface area contributed by atoms with Crippen LogP contribution in [0.15, 0.2) is 18.2 Å². The molecule has 2 atom stereocenters. The fourth-order valence-corrected chi connectivity index (χ4v) is 3.12. The van der Waals surface area contributed by atoms with Crippen molar-refractivity contribution < 1.29 is 13.9 Å². The van der Waals surface area contributed by atoms with Crippen LogP contribution in [0, 0.1) is 17.2 Å². The van der Waals surface area contributed by atoms with Crippen LogP contribution in [-0.2, 0) is 4.74 Å². The number of ether oxygens (including phenoxy) is 1. The molecule has 22 heavy (non-hydrogen) atoms. The van der Waals surface area contributed by atoms with Crippen LogP contribution in [0.4, 0.5) is 14.9 Å². The van der Waals surface area contributed by atoms with Crippen LogP contribution in [0.5, 0.6) is 0 Å². The van der Waals surface area contributed by atoms with Gasteiger partial charge in [0.25, 0.3) is 0 Å². The number of hydrogen-bond acceptors (Lipinski definition) is 3. The van der Waals surface area contributed by atoms with Crippen molar-refractivity contribution in [1.82, 2.24) is 0 Å². The summed E-state index contributed by atoms with van der Waals surface area (Å²) in [6.45, 7) is 10.2. The number of carbonyl (C=O) groups excluding carboxylic acids is 1. The first kappa shape index (κ1) is 16.7. The third-order valence-electron chi connectivity index (χ3n) is 4.29. The third kappa shape index (κ3) is 3.40. The molecule has 0 bridgehead atoms. The quantitative estimate of drug-likeness (QED) is 0.891. The van der Waals surface area contributed by atoms with Crippen molar-refractivity contribution in [2.24, 2.45) is 17.1 Å². The summed E-state index contributed by atoms with van der Waals surface area (Å²) in [5.74, 6) is 0.106. The molecule has 1 fully saturated rings. The van der Waals surface area contributed by atoms with Crippen LogP contribution < -0.4 is 11.1 Å². The van der Waals surface area contributed by atoms with Crippen LogP contribution in [0.3, 0.4) is 0 Å². The number of nitrogens with one attached hydrogen (secondary N) is 1. The predicted octanol–water partition coefficient (Wildman–Crippen LogP) is 3.87. The number of nitrogens with two attached hydrogens (primary N) is 1. The Balaban J connectivity index is 2.25. The highest BCUT2D eigenvalue weighted by Crippen LogP contribution is 2.65. The molecule has 1 aromatic carbocycles. The topological polar surface area (TPSA) is 64.3 Å². The van der Waals surface area contributed by atoms with Gasteiger partial charge in [-0.25, -0.2) is 9.18 Å². The maximum atomic E-state index is 13.7. The Labute approximate surface area is 131 Å². The summed E-state index contributed by atoms with van der Waals surface area (Å²) < 4.78 is 18.9. The van der Waals surface area contributed by atoms with E-state index in [0.717, 1.165) is 5.56 Å². The molecule has 0 aliphatic heterocycles. The summed E-state index contributed by atoms with van der Waals surface area (Å²) in [6, 6.07) is 4.40. The van der Waals surface area contributed by atoms with Gasteiger partial charge in [0.1, 0.15) is 11.4 Å². The third-order valence-corrected chi connectivity index (χ3v) is 4.29. The van der Waals surface area contributed by atoms with Crippen LogP contribution in [0.25, 0.3) is 0 Å². The highest BCUT2D eigenvalue weighted by atomic mass is 19.1. The number of amides is 1. The number of halogens is 1. The van der Waals surface area contributed by atoms with Gasteiger partial charge in [0.2, 0.25) is 0 Å². The van der Waals surface area contributed by atoms with Crippen LogP contribution in [0.1, 0.15) is 46.1 Å². The summed E-state index contributed by atoms with van der Waals surface area (Å²) in [4.78, 5) is 12.0. The molecule has 122 valence electrons. The molecule has 1 aromatic rings. The highest BCUT2D eigenvalue weighted by Gasteiger charge is 2.58. The van der Waals surface area contributed by atoms with E-state index in [4.69, 9.17) is 10.5 Å². The second-order valence-electron chi connectivity index (χ2n) is 7.50. The van der Waals surface area contributed by atoms with Crippen molar-refractivity contribution in [2.75, 3.05) is 11.9 Å². The second-order valence-corrected chi connectivity index (χ2v) is 7.50. The summed E-state index contributed by atoms with van der Waals surface area (Å²) in [5, 5.41) is 2.73. The predicted molar refractivity (Wildman–Crippen MR) is 85.3 cm³/mol. The molecular formula is C17H25FN2O2. The Bertz CT molecular complexity index is 579. The summed E-state index contributed by atoms with van der Waals surface area (Å²) in [6.07, 6.45) is -0.539. The molecule has 2 unspecified atom stereocenters. The van der Waals surface area contributed by atoms with Crippen LogP contribution >= 0.6 is 0 Å². The minimum Gasteiger partial charge on any atom is -0.444 e. The van der Waals surface area contributed by atoms with E-state index in [-0.39, 0.29) is 23.1 Å². The minimum atomic E-state index is -0.580. The van der Waals surface area contributed by atoms with E-state index in [1.54, 1.807) is 26.8 Å². The lowest BCUT2D eigenvalue weighted by atomic mass is 10.0. The van der Waals surface area contributed by atoms with Gasteiger partial charge in [0.15, 0.2) is 0 Å². The van der Waals surface area contributed by atoms with Gasteiger partial charge in [0, 0.05) is 5.69 Å². The van der Waals surface area contributed by atoms with E-state index in [0.29, 0.717) is 12.2 Å². The minimum absolute atomic E-state index is 0.00685. The molecule has 0 aromatic heterocycles. The first-order valence-corrected chi connectivity index (χ1v) is 7.56. The molecule has 0 saturated heterocycles. The Morgan fingerprint density at radius 1 is 1.41 bits per heavy atom. The van der Waals surface area contributed by atoms with Crippen molar-refractivity contribution in [3.8, 4) is 0 Å². The van der Waals surface area contributed by atoms with Crippen molar-refractivity contribution in [1.29, 1.82) is 0 Å². The van der Waals surface area contributed by atoms with E-state index in [1.807, 2.05) is 0 Å². The van der Waals surface area contributed by atoms with Crippen molar-refractivity contribution in [2.45, 2.75) is 46.1 Å². The highest BCUT2D eigenvalue weighted by molar-refractivity contribution is 5.86. The van der Waals surface area contributed by atoms with Gasteiger partial charge in [-0.1, -0.05) is 13.8 Å². The Kier molecular flexibility index (Phi) is 4.22. The van der Waals surface area contributed by atoms with E-state index in [2.05, 4.69) is 19.2 Å². The molecule has 1 aliphatic carbocycles. The summed E-state index contributed by atoms with van der Waals surface area (Å²) in [7, 11) is 0. The second kappa shape index (κ2) is 5.54. The van der Waals surface area contributed by atoms with Crippen molar-refractivity contribution in [3.05, 3.63) is 29.6 Å². The maximum Gasteiger partial charge on any atom is 0.412 e. The molecule has 0 heterocycles. The number of anilines is 1. The summed E-state index contributed by atoms with van der Waals surface area (Å²) in [5.41, 5.74) is 6.60. The SMILES string of the molecule is CC(C)(C)OC(=O)Nc1ccc(F)cc1C1C(CN)C1(C)C. The van der Waals surface area contributed by atoms with Crippen molar-refractivity contribution >= 4 is 11.8 Å². The van der Waals surface area contributed by atoms with E-state index in [1.165, 1.54) is 12.1 Å². The molecule has 1 saturated carbocycles. The lowest BCUT2D eigenvalue weighted by molar-refractivity contribution is 0.0635. The van der Waals surface area contributed by atoms with Gasteiger partial charge >= 0.3 is 6.09 Å². The van der Waals surface area contributed by atoms with E-state index < -0.39 is 11.7 Å². The van der Waals surface area contributed by atoms with Gasteiger partial charge in [0.05, 0.1) is 0 Å². The molecule has 2 rings (SSSR count). The smallest absolute Gasteiger partial charge is 0.412 e. The molecule has 1 amide bonds. The maximum absolute atomic E-state index is 13.7. The van der Waals surface area contributed by atoms with Gasteiger partial charge in [-0.3, -0.25) is 5.32 Å². The zero-order chi connectivity index (χ0) is 16.7. The van der Waals surface area contributed by atoms with Gasteiger partial charge in [-0.15, -0.1) is 0 Å². The summed E-state index contributed by atoms with van der Waals surface area (Å²) >= 11 is 0. The number of hydrogen-bond donors (Lipinski definition) is 2. The van der Waals surface area contributed by atoms with Gasteiger partial charge in [-0.2, -0.15) is 0 Å². The average Bonchev–Trinajstić information content (AvgIpc) is 2.90. The van der Waals surface area contributed by atoms with Gasteiger partial charge < -0.3 is 10.5 Å². The number of benzene rings is 1. The molecule has 0 radical (unpaired) electrons. The number of rotatable bonds is 3. The zero-order valence-corrected chi connectivity index (χ0v) is 13.9. The molecule has 4 nitrogen and oxygen atoms in total. The van der Waals surface area contributed by atoms with Crippen molar-refractivity contribution in [3.63, 3.8) is 0 Å². The first-order valence-electron chi connectivity index (χ1n) is 7.56. The molecule has 0 spiro atoms. The first-order chi connectivity index (χ1) is 10.1. The van der Waals surface area contributed by atoms with Gasteiger partial charge in [-0.05, 0) is 68.3 Å². The average molecular weight is 308 g/mol. The Morgan fingerprint density at radius 2 is 2.05 bits per heavy atom. The fraction of sp³-hybridized carbons (Fsp3) is 0.588. The molecule has 3 N–H and O–H groups in total.